The lowest BCUT2D eigenvalue weighted by atomic mass is 9.96. The van der Waals surface area contributed by atoms with Gasteiger partial charge in [-0.2, -0.15) is 0 Å². The van der Waals surface area contributed by atoms with Gasteiger partial charge in [0.25, 0.3) is 5.69 Å². The minimum Gasteiger partial charge on any atom is -0.458 e. The molecular formula is C19H28N4O6. The number of carbonyl (C=O) groups is 2. The molecule has 0 spiro atoms. The first-order valence-electron chi connectivity index (χ1n) is 9.36. The third kappa shape index (κ3) is 6.13. The first kappa shape index (κ1) is 22.6. The number of hydrogen-bond donors (Lipinski definition) is 3. The van der Waals surface area contributed by atoms with E-state index < -0.39 is 28.2 Å². The van der Waals surface area contributed by atoms with Crippen LogP contribution in [0, 0.1) is 16.0 Å². The number of carbonyl (C=O) groups excluding carboxylic acids is 2. The van der Waals surface area contributed by atoms with Gasteiger partial charge in [-0.05, 0) is 44.4 Å². The van der Waals surface area contributed by atoms with E-state index in [1.54, 1.807) is 20.8 Å². The first-order chi connectivity index (χ1) is 13.4. The number of amides is 1. The predicted octanol–water partition coefficient (Wildman–Crippen LogP) is 2.38. The van der Waals surface area contributed by atoms with Crippen LogP contribution in [0.15, 0.2) is 24.3 Å². The summed E-state index contributed by atoms with van der Waals surface area (Å²) in [6, 6.07) is 5.62. The van der Waals surface area contributed by atoms with Crippen LogP contribution in [0.1, 0.15) is 46.6 Å². The van der Waals surface area contributed by atoms with Gasteiger partial charge in [0.2, 0.25) is 5.66 Å². The van der Waals surface area contributed by atoms with Gasteiger partial charge in [-0.25, -0.2) is 15.0 Å². The Labute approximate surface area is 169 Å². The second kappa shape index (κ2) is 8.75. The lowest BCUT2D eigenvalue weighted by Crippen LogP contribution is -2.63. The number of esters is 1. The van der Waals surface area contributed by atoms with Gasteiger partial charge in [0.15, 0.2) is 0 Å². The van der Waals surface area contributed by atoms with Crippen LogP contribution in [0.4, 0.5) is 10.5 Å². The highest BCUT2D eigenvalue weighted by Gasteiger charge is 2.49. The molecule has 0 aromatic heterocycles. The highest BCUT2D eigenvalue weighted by molar-refractivity contribution is 5.85. The quantitative estimate of drug-likeness (QED) is 0.371. The molecular weight excluding hydrogens is 380 g/mol. The summed E-state index contributed by atoms with van der Waals surface area (Å²) < 4.78 is 10.7. The summed E-state index contributed by atoms with van der Waals surface area (Å²) >= 11 is 0. The summed E-state index contributed by atoms with van der Waals surface area (Å²) in [6.07, 6.45) is -0.480. The summed E-state index contributed by atoms with van der Waals surface area (Å²) in [5.74, 6) is -0.482. The number of alkyl carbamates (subject to hydrolysis) is 1. The molecule has 1 amide bonds. The minimum absolute atomic E-state index is 0.0513. The van der Waals surface area contributed by atoms with E-state index in [0.717, 1.165) is 0 Å². The van der Waals surface area contributed by atoms with Crippen molar-refractivity contribution >= 4 is 17.7 Å². The van der Waals surface area contributed by atoms with Crippen LogP contribution in [0.25, 0.3) is 0 Å². The molecule has 1 aromatic rings. The van der Waals surface area contributed by atoms with Gasteiger partial charge in [-0.3, -0.25) is 20.9 Å². The number of nitro groups is 1. The van der Waals surface area contributed by atoms with Gasteiger partial charge < -0.3 is 9.47 Å². The zero-order valence-electron chi connectivity index (χ0n) is 17.3. The molecule has 1 aromatic carbocycles. The van der Waals surface area contributed by atoms with Gasteiger partial charge in [-0.15, -0.1) is 0 Å². The Morgan fingerprint density at radius 1 is 1.31 bits per heavy atom. The fraction of sp³-hybridized carbons (Fsp3) is 0.579. The molecule has 10 nitrogen and oxygen atoms in total. The number of hydrazine groups is 1. The Morgan fingerprint density at radius 3 is 2.41 bits per heavy atom. The molecule has 2 atom stereocenters. The predicted molar refractivity (Wildman–Crippen MR) is 105 cm³/mol. The van der Waals surface area contributed by atoms with Crippen molar-refractivity contribution in [3.63, 3.8) is 0 Å². The second-order valence-electron chi connectivity index (χ2n) is 8.36. The summed E-state index contributed by atoms with van der Waals surface area (Å²) in [5.41, 5.74) is 4.19. The van der Waals surface area contributed by atoms with Crippen molar-refractivity contribution in [3.8, 4) is 0 Å². The molecule has 1 fully saturated rings. The van der Waals surface area contributed by atoms with Gasteiger partial charge in [0, 0.05) is 24.6 Å². The molecule has 1 aliphatic heterocycles. The maximum Gasteiger partial charge on any atom is 0.409 e. The molecule has 2 rings (SSSR count). The molecule has 0 saturated carbocycles. The summed E-state index contributed by atoms with van der Waals surface area (Å²) in [7, 11) is 0. The Bertz CT molecular complexity index is 759. The number of nitro benzene ring substituents is 1. The fourth-order valence-corrected chi connectivity index (χ4v) is 2.78. The lowest BCUT2D eigenvalue weighted by Gasteiger charge is -2.29. The standard InChI is InChI=1S/C19H28N4O6/c1-12(2)15-10-19(22-21-15,20-17(25)29-18(3,4)5)16(24)28-11-13-6-8-14(9-7-13)23(26)27/h6-9,12,15,21-22H,10-11H2,1-5H3,(H,20,25). The number of hydrogen-bond acceptors (Lipinski definition) is 8. The van der Waals surface area contributed by atoms with Gasteiger partial charge in [-0.1, -0.05) is 13.8 Å². The van der Waals surface area contributed by atoms with E-state index in [-0.39, 0.29) is 30.7 Å². The van der Waals surface area contributed by atoms with Crippen molar-refractivity contribution < 1.29 is 24.0 Å². The van der Waals surface area contributed by atoms with E-state index in [1.165, 1.54) is 24.3 Å². The maximum absolute atomic E-state index is 12.9. The molecule has 0 bridgehead atoms. The van der Waals surface area contributed by atoms with Crippen molar-refractivity contribution in [1.82, 2.24) is 16.2 Å². The largest absolute Gasteiger partial charge is 0.458 e. The van der Waals surface area contributed by atoms with Crippen molar-refractivity contribution in [2.45, 2.75) is 65.0 Å². The van der Waals surface area contributed by atoms with Crippen LogP contribution in [0.2, 0.25) is 0 Å². The van der Waals surface area contributed by atoms with E-state index >= 15 is 0 Å². The Hall–Kier alpha value is -2.72. The van der Waals surface area contributed by atoms with Crippen molar-refractivity contribution in [2.75, 3.05) is 0 Å². The van der Waals surface area contributed by atoms with Crippen LogP contribution in [0.5, 0.6) is 0 Å². The highest BCUT2D eigenvalue weighted by atomic mass is 16.6. The van der Waals surface area contributed by atoms with E-state index in [9.17, 15) is 19.7 Å². The smallest absolute Gasteiger partial charge is 0.409 e. The van der Waals surface area contributed by atoms with Crippen molar-refractivity contribution in [1.29, 1.82) is 0 Å². The van der Waals surface area contributed by atoms with E-state index in [2.05, 4.69) is 16.2 Å². The third-order valence-corrected chi connectivity index (χ3v) is 4.38. The zero-order chi connectivity index (χ0) is 21.8. The van der Waals surface area contributed by atoms with E-state index in [4.69, 9.17) is 9.47 Å². The third-order valence-electron chi connectivity index (χ3n) is 4.38. The molecule has 1 saturated heterocycles. The molecule has 1 aliphatic rings. The molecule has 3 N–H and O–H groups in total. The van der Waals surface area contributed by atoms with E-state index in [1.807, 2.05) is 13.8 Å². The Balaban J connectivity index is 2.10. The van der Waals surface area contributed by atoms with E-state index in [0.29, 0.717) is 5.56 Å². The fourth-order valence-electron chi connectivity index (χ4n) is 2.78. The van der Waals surface area contributed by atoms with Crippen LogP contribution >= 0.6 is 0 Å². The molecule has 0 radical (unpaired) electrons. The number of benzene rings is 1. The van der Waals surface area contributed by atoms with Crippen LogP contribution in [0.3, 0.4) is 0 Å². The van der Waals surface area contributed by atoms with Gasteiger partial charge in [0.05, 0.1) is 4.92 Å². The summed E-state index contributed by atoms with van der Waals surface area (Å²) in [6.45, 7) is 9.06. The Morgan fingerprint density at radius 2 is 1.93 bits per heavy atom. The van der Waals surface area contributed by atoms with Gasteiger partial charge in [0.1, 0.15) is 12.2 Å². The molecule has 0 aliphatic carbocycles. The number of non-ortho nitro benzene ring substituents is 1. The molecule has 2 unspecified atom stereocenters. The van der Waals surface area contributed by atoms with Crippen LogP contribution in [-0.4, -0.2) is 34.3 Å². The average Bonchev–Trinajstić information content (AvgIpc) is 3.03. The topological polar surface area (TPSA) is 132 Å². The summed E-state index contributed by atoms with van der Waals surface area (Å²) in [4.78, 5) is 35.4. The maximum atomic E-state index is 12.9. The Kier molecular flexibility index (Phi) is 6.81. The summed E-state index contributed by atoms with van der Waals surface area (Å²) in [5, 5.41) is 13.3. The lowest BCUT2D eigenvalue weighted by molar-refractivity contribution is -0.384. The van der Waals surface area contributed by atoms with Crippen molar-refractivity contribution in [2.24, 2.45) is 5.92 Å². The minimum atomic E-state index is -1.49. The van der Waals surface area contributed by atoms with Crippen LogP contribution in [-0.2, 0) is 20.9 Å². The average molecular weight is 408 g/mol. The normalized spacial score (nSPS) is 21.7. The first-order valence-corrected chi connectivity index (χ1v) is 9.36. The molecule has 29 heavy (non-hydrogen) atoms. The number of rotatable bonds is 6. The zero-order valence-corrected chi connectivity index (χ0v) is 17.3. The van der Waals surface area contributed by atoms with Crippen LogP contribution < -0.4 is 16.2 Å². The highest BCUT2D eigenvalue weighted by Crippen LogP contribution is 2.23. The number of nitrogens with one attached hydrogen (secondary N) is 3. The van der Waals surface area contributed by atoms with Gasteiger partial charge >= 0.3 is 12.1 Å². The molecule has 160 valence electrons. The van der Waals surface area contributed by atoms with Crippen molar-refractivity contribution in [3.05, 3.63) is 39.9 Å². The monoisotopic (exact) mass is 408 g/mol. The SMILES string of the molecule is CC(C)C1CC(NC(=O)OC(C)(C)C)(C(=O)OCc2ccc([N+](=O)[O-])cc2)NN1. The molecule has 1 heterocycles. The number of nitrogens with zero attached hydrogens (tertiary/aromatic N) is 1. The molecule has 10 heteroatoms. The second-order valence-corrected chi connectivity index (χ2v) is 8.36. The number of ether oxygens (including phenoxy) is 2.